The van der Waals surface area contributed by atoms with E-state index in [-0.39, 0.29) is 6.10 Å². The molecule has 1 aromatic carbocycles. The monoisotopic (exact) mass is 217 g/mol. The maximum absolute atomic E-state index is 10.9. The summed E-state index contributed by atoms with van der Waals surface area (Å²) < 4.78 is 7.58. The van der Waals surface area contributed by atoms with Crippen LogP contribution >= 0.6 is 0 Å². The SMILES string of the molecule is CC(C)Oc1cccc2c1cc(C=O)n2C. The van der Waals surface area contributed by atoms with Gasteiger partial charge < -0.3 is 9.30 Å². The van der Waals surface area contributed by atoms with Gasteiger partial charge in [-0.1, -0.05) is 6.07 Å². The van der Waals surface area contributed by atoms with E-state index in [0.29, 0.717) is 5.69 Å². The Balaban J connectivity index is 2.63. The molecule has 0 N–H and O–H groups in total. The summed E-state index contributed by atoms with van der Waals surface area (Å²) in [4.78, 5) is 10.9. The van der Waals surface area contributed by atoms with Gasteiger partial charge in [0.1, 0.15) is 5.75 Å². The molecule has 3 nitrogen and oxygen atoms in total. The van der Waals surface area contributed by atoms with Crippen molar-refractivity contribution in [3.63, 3.8) is 0 Å². The van der Waals surface area contributed by atoms with Crippen molar-refractivity contribution in [3.8, 4) is 5.75 Å². The van der Waals surface area contributed by atoms with E-state index < -0.39 is 0 Å². The van der Waals surface area contributed by atoms with Crippen LogP contribution in [0.25, 0.3) is 10.9 Å². The first-order valence-corrected chi connectivity index (χ1v) is 5.33. The molecule has 0 saturated carbocycles. The minimum absolute atomic E-state index is 0.130. The van der Waals surface area contributed by atoms with E-state index in [1.54, 1.807) is 0 Å². The predicted octanol–water partition coefficient (Wildman–Crippen LogP) is 2.78. The zero-order valence-electron chi connectivity index (χ0n) is 9.73. The molecule has 0 amide bonds. The smallest absolute Gasteiger partial charge is 0.166 e. The van der Waals surface area contributed by atoms with E-state index in [9.17, 15) is 4.79 Å². The lowest BCUT2D eigenvalue weighted by Crippen LogP contribution is -2.05. The number of fused-ring (bicyclic) bond motifs is 1. The molecule has 84 valence electrons. The summed E-state index contributed by atoms with van der Waals surface area (Å²) >= 11 is 0. The molecule has 0 aliphatic carbocycles. The molecule has 0 atom stereocenters. The van der Waals surface area contributed by atoms with Crippen molar-refractivity contribution in [2.24, 2.45) is 7.05 Å². The number of aldehydes is 1. The van der Waals surface area contributed by atoms with Gasteiger partial charge in [-0.15, -0.1) is 0 Å². The number of ether oxygens (including phenoxy) is 1. The van der Waals surface area contributed by atoms with Gasteiger partial charge in [0.15, 0.2) is 6.29 Å². The number of carbonyl (C=O) groups is 1. The van der Waals surface area contributed by atoms with Gasteiger partial charge in [-0.2, -0.15) is 0 Å². The van der Waals surface area contributed by atoms with Crippen molar-refractivity contribution in [1.82, 2.24) is 4.57 Å². The van der Waals surface area contributed by atoms with Crippen LogP contribution in [0.3, 0.4) is 0 Å². The lowest BCUT2D eigenvalue weighted by Gasteiger charge is -2.10. The molecule has 1 aromatic heterocycles. The fourth-order valence-corrected chi connectivity index (χ4v) is 1.82. The van der Waals surface area contributed by atoms with Crippen molar-refractivity contribution < 1.29 is 9.53 Å². The van der Waals surface area contributed by atoms with Crippen LogP contribution in [-0.2, 0) is 7.05 Å². The molecule has 2 rings (SSSR count). The number of nitrogens with zero attached hydrogens (tertiary/aromatic N) is 1. The molecular weight excluding hydrogens is 202 g/mol. The van der Waals surface area contributed by atoms with Gasteiger partial charge in [-0.05, 0) is 32.0 Å². The van der Waals surface area contributed by atoms with Crippen LogP contribution in [0, 0.1) is 0 Å². The Bertz CT molecular complexity index is 526. The lowest BCUT2D eigenvalue weighted by molar-refractivity contribution is 0.111. The summed E-state index contributed by atoms with van der Waals surface area (Å²) in [7, 11) is 1.88. The average Bonchev–Trinajstić information content (AvgIpc) is 2.56. The minimum Gasteiger partial charge on any atom is -0.490 e. The molecule has 0 spiro atoms. The van der Waals surface area contributed by atoms with Gasteiger partial charge in [0.2, 0.25) is 0 Å². The lowest BCUT2D eigenvalue weighted by atomic mass is 10.2. The van der Waals surface area contributed by atoms with Crippen molar-refractivity contribution in [3.05, 3.63) is 30.0 Å². The van der Waals surface area contributed by atoms with E-state index in [0.717, 1.165) is 22.9 Å². The first kappa shape index (κ1) is 10.7. The molecule has 3 heteroatoms. The zero-order valence-corrected chi connectivity index (χ0v) is 9.73. The Morgan fingerprint density at radius 1 is 1.38 bits per heavy atom. The quantitative estimate of drug-likeness (QED) is 0.740. The van der Waals surface area contributed by atoms with Crippen molar-refractivity contribution in [2.75, 3.05) is 0 Å². The fourth-order valence-electron chi connectivity index (χ4n) is 1.82. The summed E-state index contributed by atoms with van der Waals surface area (Å²) in [5, 5.41) is 0.987. The van der Waals surface area contributed by atoms with Crippen LogP contribution in [0.5, 0.6) is 5.75 Å². The molecule has 0 bridgehead atoms. The number of hydrogen-bond donors (Lipinski definition) is 0. The molecule has 0 radical (unpaired) electrons. The van der Waals surface area contributed by atoms with Crippen molar-refractivity contribution in [2.45, 2.75) is 20.0 Å². The topological polar surface area (TPSA) is 31.2 Å². The number of hydrogen-bond acceptors (Lipinski definition) is 2. The molecule has 0 unspecified atom stereocenters. The van der Waals surface area contributed by atoms with E-state index in [4.69, 9.17) is 4.74 Å². The Kier molecular flexibility index (Phi) is 2.69. The summed E-state index contributed by atoms with van der Waals surface area (Å²) in [6, 6.07) is 7.71. The number of aryl methyl sites for hydroxylation is 1. The van der Waals surface area contributed by atoms with Crippen LogP contribution in [0.2, 0.25) is 0 Å². The second kappa shape index (κ2) is 4.00. The van der Waals surface area contributed by atoms with Crippen LogP contribution in [0.1, 0.15) is 24.3 Å². The number of carbonyl (C=O) groups excluding carboxylic acids is 1. The maximum Gasteiger partial charge on any atom is 0.166 e. The highest BCUT2D eigenvalue weighted by Crippen LogP contribution is 2.28. The third kappa shape index (κ3) is 1.69. The molecular formula is C13H15NO2. The van der Waals surface area contributed by atoms with Crippen LogP contribution in [-0.4, -0.2) is 17.0 Å². The van der Waals surface area contributed by atoms with Gasteiger partial charge in [0, 0.05) is 12.4 Å². The molecule has 0 saturated heterocycles. The first-order chi connectivity index (χ1) is 7.63. The molecule has 16 heavy (non-hydrogen) atoms. The summed E-state index contributed by atoms with van der Waals surface area (Å²) in [6.45, 7) is 3.98. The van der Waals surface area contributed by atoms with Gasteiger partial charge >= 0.3 is 0 Å². The second-order valence-corrected chi connectivity index (χ2v) is 4.10. The number of rotatable bonds is 3. The highest BCUT2D eigenvalue weighted by molar-refractivity contribution is 5.92. The van der Waals surface area contributed by atoms with Gasteiger partial charge in [0.05, 0.1) is 17.3 Å². The number of benzene rings is 1. The van der Waals surface area contributed by atoms with Crippen molar-refractivity contribution >= 4 is 17.2 Å². The Labute approximate surface area is 94.6 Å². The largest absolute Gasteiger partial charge is 0.490 e. The molecule has 2 aromatic rings. The fraction of sp³-hybridized carbons (Fsp3) is 0.308. The normalized spacial score (nSPS) is 11.0. The Morgan fingerprint density at radius 3 is 2.75 bits per heavy atom. The van der Waals surface area contributed by atoms with Gasteiger partial charge in [0.25, 0.3) is 0 Å². The number of aromatic nitrogens is 1. The predicted molar refractivity (Wildman–Crippen MR) is 64.1 cm³/mol. The Morgan fingerprint density at radius 2 is 2.12 bits per heavy atom. The highest BCUT2D eigenvalue weighted by Gasteiger charge is 2.10. The maximum atomic E-state index is 10.9. The van der Waals surface area contributed by atoms with Crippen LogP contribution < -0.4 is 4.74 Å². The third-order valence-electron chi connectivity index (χ3n) is 2.57. The standard InChI is InChI=1S/C13H15NO2/c1-9(2)16-13-6-4-5-12-11(13)7-10(8-15)14(12)3/h4-9H,1-3H3. The van der Waals surface area contributed by atoms with Crippen LogP contribution in [0.4, 0.5) is 0 Å². The molecule has 0 aliphatic heterocycles. The zero-order chi connectivity index (χ0) is 11.7. The van der Waals surface area contributed by atoms with Crippen LogP contribution in [0.15, 0.2) is 24.3 Å². The Hall–Kier alpha value is -1.77. The first-order valence-electron chi connectivity index (χ1n) is 5.33. The summed E-state index contributed by atoms with van der Waals surface area (Å²) in [6.07, 6.45) is 0.990. The van der Waals surface area contributed by atoms with E-state index in [1.807, 2.05) is 49.7 Å². The average molecular weight is 217 g/mol. The van der Waals surface area contributed by atoms with Crippen molar-refractivity contribution in [1.29, 1.82) is 0 Å². The van der Waals surface area contributed by atoms with Gasteiger partial charge in [-0.3, -0.25) is 4.79 Å². The van der Waals surface area contributed by atoms with E-state index >= 15 is 0 Å². The summed E-state index contributed by atoms with van der Waals surface area (Å²) in [5.74, 6) is 0.830. The second-order valence-electron chi connectivity index (χ2n) is 4.10. The third-order valence-corrected chi connectivity index (χ3v) is 2.57. The van der Waals surface area contributed by atoms with E-state index in [2.05, 4.69) is 0 Å². The van der Waals surface area contributed by atoms with E-state index in [1.165, 1.54) is 0 Å². The summed E-state index contributed by atoms with van der Waals surface area (Å²) in [5.41, 5.74) is 1.68. The molecule has 1 heterocycles. The highest BCUT2D eigenvalue weighted by atomic mass is 16.5. The minimum atomic E-state index is 0.130. The molecule has 0 aliphatic rings. The van der Waals surface area contributed by atoms with Gasteiger partial charge in [-0.25, -0.2) is 0 Å². The molecule has 0 fully saturated rings.